The molecule has 1 saturated carbocycles. The van der Waals surface area contributed by atoms with Crippen LogP contribution in [-0.4, -0.2) is 39.3 Å². The lowest BCUT2D eigenvalue weighted by Gasteiger charge is -2.37. The van der Waals surface area contributed by atoms with Gasteiger partial charge in [0.1, 0.15) is 0 Å². The van der Waals surface area contributed by atoms with Gasteiger partial charge in [-0.05, 0) is 49.9 Å². The second kappa shape index (κ2) is 7.15. The summed E-state index contributed by atoms with van der Waals surface area (Å²) >= 11 is 0. The summed E-state index contributed by atoms with van der Waals surface area (Å²) in [7, 11) is 1.68. The molecule has 132 valence electrons. The van der Waals surface area contributed by atoms with Crippen LogP contribution in [0.1, 0.15) is 30.7 Å². The highest BCUT2D eigenvalue weighted by Gasteiger charge is 2.46. The summed E-state index contributed by atoms with van der Waals surface area (Å²) < 4.78 is 32.5. The van der Waals surface area contributed by atoms with Gasteiger partial charge < -0.3 is 15.4 Å². The number of benzene rings is 1. The van der Waals surface area contributed by atoms with Gasteiger partial charge in [-0.15, -0.1) is 0 Å². The van der Waals surface area contributed by atoms with Crippen molar-refractivity contribution in [1.82, 2.24) is 10.6 Å². The lowest BCUT2D eigenvalue weighted by Crippen LogP contribution is -2.47. The molecule has 1 aliphatic carbocycles. The zero-order valence-corrected chi connectivity index (χ0v) is 13.9. The van der Waals surface area contributed by atoms with E-state index in [1.165, 1.54) is 6.07 Å². The summed E-state index contributed by atoms with van der Waals surface area (Å²) in [6.45, 7) is 3.01. The van der Waals surface area contributed by atoms with Crippen LogP contribution in [0.15, 0.2) is 18.2 Å². The first kappa shape index (κ1) is 17.3. The molecule has 1 heterocycles. The summed E-state index contributed by atoms with van der Waals surface area (Å²) in [5, 5.41) is 6.33. The molecular formula is C18H24F2N2O2. The van der Waals surface area contributed by atoms with Crippen molar-refractivity contribution < 1.29 is 18.3 Å². The Hall–Kier alpha value is -1.53. The smallest absolute Gasteiger partial charge is 0.223 e. The van der Waals surface area contributed by atoms with Crippen LogP contribution in [-0.2, 0) is 9.53 Å². The number of hydrogen-bond donors (Lipinski definition) is 2. The monoisotopic (exact) mass is 338 g/mol. The van der Waals surface area contributed by atoms with E-state index in [1.54, 1.807) is 13.2 Å². The van der Waals surface area contributed by atoms with Crippen molar-refractivity contribution in [2.45, 2.75) is 25.2 Å². The van der Waals surface area contributed by atoms with Gasteiger partial charge in [-0.3, -0.25) is 4.79 Å². The Morgan fingerprint density at radius 3 is 2.83 bits per heavy atom. The largest absolute Gasteiger partial charge is 0.384 e. The summed E-state index contributed by atoms with van der Waals surface area (Å²) in [5.41, 5.74) is 0.271. The number of carbonyl (C=O) groups is 1. The van der Waals surface area contributed by atoms with Gasteiger partial charge in [-0.25, -0.2) is 8.78 Å². The van der Waals surface area contributed by atoms with E-state index in [2.05, 4.69) is 10.6 Å². The molecule has 2 fully saturated rings. The van der Waals surface area contributed by atoms with Crippen LogP contribution >= 0.6 is 0 Å². The summed E-state index contributed by atoms with van der Waals surface area (Å²) in [5.74, 6) is -2.23. The van der Waals surface area contributed by atoms with Gasteiger partial charge in [0.2, 0.25) is 5.91 Å². The molecule has 2 N–H and O–H groups in total. The molecule has 4 nitrogen and oxygen atoms in total. The Bertz CT molecular complexity index is 597. The molecule has 3 rings (SSSR count). The van der Waals surface area contributed by atoms with E-state index >= 15 is 0 Å². The van der Waals surface area contributed by atoms with Crippen molar-refractivity contribution in [3.63, 3.8) is 0 Å². The van der Waals surface area contributed by atoms with Gasteiger partial charge in [-0.2, -0.15) is 0 Å². The predicted molar refractivity (Wildman–Crippen MR) is 86.6 cm³/mol. The third-order valence-electron chi connectivity index (χ3n) is 5.26. The fourth-order valence-electron chi connectivity index (χ4n) is 3.68. The molecule has 2 aliphatic rings. The van der Waals surface area contributed by atoms with E-state index in [1.807, 2.05) is 0 Å². The molecule has 0 aromatic heterocycles. The molecule has 1 aliphatic heterocycles. The zero-order chi connectivity index (χ0) is 17.2. The normalized spacial score (nSPS) is 25.3. The number of hydrogen-bond acceptors (Lipinski definition) is 3. The molecule has 24 heavy (non-hydrogen) atoms. The lowest BCUT2D eigenvalue weighted by atomic mass is 9.79. The summed E-state index contributed by atoms with van der Waals surface area (Å²) in [6, 6.07) is 4.15. The first-order chi connectivity index (χ1) is 11.6. The van der Waals surface area contributed by atoms with Crippen LogP contribution in [0, 0.1) is 23.0 Å². The Morgan fingerprint density at radius 2 is 2.12 bits per heavy atom. The second-order valence-electron chi connectivity index (χ2n) is 6.99. The Labute approximate surface area is 141 Å². The van der Waals surface area contributed by atoms with E-state index in [4.69, 9.17) is 4.74 Å². The molecule has 2 atom stereocenters. The number of ether oxygens (including phenoxy) is 1. The van der Waals surface area contributed by atoms with Crippen LogP contribution in [0.25, 0.3) is 0 Å². The number of nitrogens with one attached hydrogen (secondary N) is 2. The number of halogens is 2. The quantitative estimate of drug-likeness (QED) is 0.836. The standard InChI is InChI=1S/C18H24F2N2O2/c1-24-11-18(5-7-21-8-6-18)10-22-17(23)14-9-13(14)12-3-2-4-15(19)16(12)20/h2-4,13-14,21H,5-11H2,1H3,(H,22,23). The molecule has 1 amide bonds. The molecule has 0 bridgehead atoms. The molecule has 6 heteroatoms. The molecule has 1 aromatic carbocycles. The van der Waals surface area contributed by atoms with E-state index in [9.17, 15) is 13.6 Å². The topological polar surface area (TPSA) is 50.4 Å². The minimum atomic E-state index is -0.854. The van der Waals surface area contributed by atoms with E-state index in [0.717, 1.165) is 32.0 Å². The highest BCUT2D eigenvalue weighted by Crippen LogP contribution is 2.48. The van der Waals surface area contributed by atoms with Crippen LogP contribution < -0.4 is 10.6 Å². The van der Waals surface area contributed by atoms with Gasteiger partial charge in [0, 0.05) is 25.0 Å². The zero-order valence-electron chi connectivity index (χ0n) is 13.9. The Kier molecular flexibility index (Phi) is 5.15. The number of amides is 1. The molecular weight excluding hydrogens is 314 g/mol. The number of piperidine rings is 1. The lowest BCUT2D eigenvalue weighted by molar-refractivity contribution is -0.123. The van der Waals surface area contributed by atoms with Crippen molar-refractivity contribution in [2.24, 2.45) is 11.3 Å². The van der Waals surface area contributed by atoms with Crippen molar-refractivity contribution in [3.8, 4) is 0 Å². The maximum Gasteiger partial charge on any atom is 0.223 e. The molecule has 0 radical (unpaired) electrons. The van der Waals surface area contributed by atoms with Gasteiger partial charge in [0.25, 0.3) is 0 Å². The van der Waals surface area contributed by atoms with Gasteiger partial charge in [0.15, 0.2) is 11.6 Å². The Morgan fingerprint density at radius 1 is 1.38 bits per heavy atom. The van der Waals surface area contributed by atoms with Gasteiger partial charge >= 0.3 is 0 Å². The van der Waals surface area contributed by atoms with Gasteiger partial charge in [0.05, 0.1) is 6.61 Å². The van der Waals surface area contributed by atoms with Crippen LogP contribution in [0.4, 0.5) is 8.78 Å². The van der Waals surface area contributed by atoms with Crippen molar-refractivity contribution >= 4 is 5.91 Å². The fraction of sp³-hybridized carbons (Fsp3) is 0.611. The highest BCUT2D eigenvalue weighted by molar-refractivity contribution is 5.83. The van der Waals surface area contributed by atoms with Crippen LogP contribution in [0.5, 0.6) is 0 Å². The van der Waals surface area contributed by atoms with E-state index in [-0.39, 0.29) is 23.2 Å². The summed E-state index contributed by atoms with van der Waals surface area (Å²) in [6.07, 6.45) is 2.48. The molecule has 1 aromatic rings. The van der Waals surface area contributed by atoms with Gasteiger partial charge in [-0.1, -0.05) is 12.1 Å². The van der Waals surface area contributed by atoms with E-state index < -0.39 is 11.6 Å². The third-order valence-corrected chi connectivity index (χ3v) is 5.26. The average Bonchev–Trinajstić information content (AvgIpc) is 3.37. The van der Waals surface area contributed by atoms with Crippen molar-refractivity contribution in [3.05, 3.63) is 35.4 Å². The predicted octanol–water partition coefficient (Wildman–Crippen LogP) is 2.20. The second-order valence-corrected chi connectivity index (χ2v) is 6.99. The first-order valence-electron chi connectivity index (χ1n) is 8.48. The first-order valence-corrected chi connectivity index (χ1v) is 8.48. The molecule has 0 spiro atoms. The van der Waals surface area contributed by atoms with Crippen LogP contribution in [0.3, 0.4) is 0 Å². The number of carbonyl (C=O) groups excluding carboxylic acids is 1. The van der Waals surface area contributed by atoms with Crippen molar-refractivity contribution in [1.29, 1.82) is 0 Å². The third kappa shape index (κ3) is 3.59. The molecule has 2 unspecified atom stereocenters. The Balaban J connectivity index is 1.57. The van der Waals surface area contributed by atoms with Crippen LogP contribution in [0.2, 0.25) is 0 Å². The molecule has 1 saturated heterocycles. The maximum atomic E-state index is 13.8. The minimum absolute atomic E-state index is 0.0375. The fourth-order valence-corrected chi connectivity index (χ4v) is 3.68. The minimum Gasteiger partial charge on any atom is -0.384 e. The summed E-state index contributed by atoms with van der Waals surface area (Å²) in [4.78, 5) is 12.4. The van der Waals surface area contributed by atoms with E-state index in [0.29, 0.717) is 25.1 Å². The SMILES string of the molecule is COCC1(CNC(=O)C2CC2c2cccc(F)c2F)CCNCC1. The van der Waals surface area contributed by atoms with Crippen molar-refractivity contribution in [2.75, 3.05) is 33.4 Å². The number of rotatable bonds is 6. The average molecular weight is 338 g/mol. The number of methoxy groups -OCH3 is 1. The highest BCUT2D eigenvalue weighted by atomic mass is 19.2. The maximum absolute atomic E-state index is 13.8.